The first-order valence-electron chi connectivity index (χ1n) is 3.48. The molecule has 0 spiro atoms. The minimum atomic E-state index is 0.825. The molecule has 0 amide bonds. The molecule has 0 saturated heterocycles. The highest BCUT2D eigenvalue weighted by Crippen LogP contribution is 2.04. The molecule has 2 aromatic heterocycles. The first kappa shape index (κ1) is 6.27. The fraction of sp³-hybridized carbons (Fsp3) is 0.286. The number of fused-ring (bicyclic) bond motifs is 1. The fourth-order valence-electron chi connectivity index (χ4n) is 1.01. The van der Waals surface area contributed by atoms with Gasteiger partial charge in [-0.05, 0) is 12.5 Å². The van der Waals surface area contributed by atoms with Gasteiger partial charge in [-0.3, -0.25) is 0 Å². The summed E-state index contributed by atoms with van der Waals surface area (Å²) < 4.78 is 1.62. The Morgan fingerprint density at radius 3 is 3.36 bits per heavy atom. The van der Waals surface area contributed by atoms with E-state index in [4.69, 9.17) is 0 Å². The molecule has 0 aliphatic carbocycles. The Hall–Kier alpha value is -1.45. The van der Waals surface area contributed by atoms with Gasteiger partial charge in [-0.25, -0.2) is 0 Å². The maximum Gasteiger partial charge on any atom is 0.180 e. The second-order valence-corrected chi connectivity index (χ2v) is 2.25. The molecule has 2 heterocycles. The Labute approximate surface area is 63.9 Å². The summed E-state index contributed by atoms with van der Waals surface area (Å²) >= 11 is 0. The maximum absolute atomic E-state index is 3.92. The molecular weight excluding hydrogens is 140 g/mol. The molecule has 2 aromatic rings. The standard InChI is InChI=1S/C7H7N4/c1-2-6-3-4-9-11-5-8-10-7(6)11/h3,5H,2H2,1H3. The monoisotopic (exact) mass is 147 g/mol. The van der Waals surface area contributed by atoms with Crippen molar-refractivity contribution in [2.24, 2.45) is 0 Å². The summed E-state index contributed by atoms with van der Waals surface area (Å²) in [7, 11) is 0. The first-order chi connectivity index (χ1) is 5.42. The van der Waals surface area contributed by atoms with Gasteiger partial charge in [0, 0.05) is 5.56 Å². The van der Waals surface area contributed by atoms with Gasteiger partial charge in [0.05, 0.1) is 0 Å². The van der Waals surface area contributed by atoms with Gasteiger partial charge in [0.15, 0.2) is 5.65 Å². The molecule has 0 atom stereocenters. The van der Waals surface area contributed by atoms with Crippen LogP contribution in [-0.4, -0.2) is 19.8 Å². The molecule has 0 fully saturated rings. The Kier molecular flexibility index (Phi) is 1.31. The van der Waals surface area contributed by atoms with Crippen molar-refractivity contribution in [2.45, 2.75) is 13.3 Å². The molecule has 0 aliphatic heterocycles. The maximum atomic E-state index is 3.92. The zero-order chi connectivity index (χ0) is 7.68. The van der Waals surface area contributed by atoms with Gasteiger partial charge in [0.2, 0.25) is 0 Å². The Bertz CT molecular complexity index is 365. The van der Waals surface area contributed by atoms with Gasteiger partial charge < -0.3 is 0 Å². The van der Waals surface area contributed by atoms with E-state index in [0.717, 1.165) is 17.6 Å². The van der Waals surface area contributed by atoms with Crippen LogP contribution in [0, 0.1) is 6.20 Å². The smallest absolute Gasteiger partial charge is 0.180 e. The average Bonchev–Trinajstić information content (AvgIpc) is 2.50. The molecule has 2 rings (SSSR count). The third-order valence-electron chi connectivity index (χ3n) is 1.60. The molecule has 0 N–H and O–H groups in total. The van der Waals surface area contributed by atoms with Crippen LogP contribution < -0.4 is 0 Å². The lowest BCUT2D eigenvalue weighted by Gasteiger charge is -1.94. The van der Waals surface area contributed by atoms with Gasteiger partial charge in [0.1, 0.15) is 12.5 Å². The molecular formula is C7H7N4. The van der Waals surface area contributed by atoms with E-state index in [2.05, 4.69) is 28.4 Å². The number of hydrogen-bond donors (Lipinski definition) is 0. The Morgan fingerprint density at radius 2 is 2.55 bits per heavy atom. The van der Waals surface area contributed by atoms with E-state index in [1.165, 1.54) is 0 Å². The molecule has 0 unspecified atom stereocenters. The summed E-state index contributed by atoms with van der Waals surface area (Å²) in [6.45, 7) is 2.07. The van der Waals surface area contributed by atoms with Crippen LogP contribution in [0.5, 0.6) is 0 Å². The van der Waals surface area contributed by atoms with Crippen LogP contribution in [0.25, 0.3) is 5.65 Å². The van der Waals surface area contributed by atoms with E-state index in [-0.39, 0.29) is 0 Å². The highest BCUT2D eigenvalue weighted by Gasteiger charge is 2.00. The van der Waals surface area contributed by atoms with Crippen LogP contribution in [-0.2, 0) is 6.42 Å². The highest BCUT2D eigenvalue weighted by atomic mass is 15.3. The minimum absolute atomic E-state index is 0.825. The SMILES string of the molecule is CCc1c[c]nn2cnnc12. The summed E-state index contributed by atoms with van der Waals surface area (Å²) in [4.78, 5) is 0. The summed E-state index contributed by atoms with van der Waals surface area (Å²) in [5, 5.41) is 11.6. The second kappa shape index (κ2) is 2.30. The van der Waals surface area contributed by atoms with Gasteiger partial charge in [0.25, 0.3) is 0 Å². The van der Waals surface area contributed by atoms with E-state index in [1.54, 1.807) is 10.8 Å². The second-order valence-electron chi connectivity index (χ2n) is 2.25. The molecule has 0 aromatic carbocycles. The average molecular weight is 147 g/mol. The number of rotatable bonds is 1. The zero-order valence-corrected chi connectivity index (χ0v) is 6.15. The minimum Gasteiger partial charge on any atom is -0.200 e. The normalized spacial score (nSPS) is 10.6. The van der Waals surface area contributed by atoms with Crippen molar-refractivity contribution < 1.29 is 0 Å². The van der Waals surface area contributed by atoms with Crippen molar-refractivity contribution in [3.05, 3.63) is 24.2 Å². The molecule has 55 valence electrons. The highest BCUT2D eigenvalue weighted by molar-refractivity contribution is 5.43. The van der Waals surface area contributed by atoms with Crippen LogP contribution in [0.2, 0.25) is 0 Å². The number of nitrogens with zero attached hydrogens (tertiary/aromatic N) is 4. The molecule has 4 heteroatoms. The fourth-order valence-corrected chi connectivity index (χ4v) is 1.01. The van der Waals surface area contributed by atoms with Crippen molar-refractivity contribution in [3.8, 4) is 0 Å². The lowest BCUT2D eigenvalue weighted by atomic mass is 10.2. The summed E-state index contributed by atoms with van der Waals surface area (Å²) in [6.07, 6.45) is 5.28. The van der Waals surface area contributed by atoms with E-state index in [1.807, 2.05) is 6.07 Å². The van der Waals surface area contributed by atoms with Gasteiger partial charge in [-0.1, -0.05) is 6.92 Å². The number of aromatic nitrogens is 4. The van der Waals surface area contributed by atoms with Crippen LogP contribution in [0.15, 0.2) is 12.4 Å². The predicted molar refractivity (Wildman–Crippen MR) is 39.0 cm³/mol. The van der Waals surface area contributed by atoms with Crippen molar-refractivity contribution in [1.29, 1.82) is 0 Å². The van der Waals surface area contributed by atoms with E-state index >= 15 is 0 Å². The molecule has 4 nitrogen and oxygen atoms in total. The first-order valence-corrected chi connectivity index (χ1v) is 3.48. The van der Waals surface area contributed by atoms with Gasteiger partial charge >= 0.3 is 0 Å². The van der Waals surface area contributed by atoms with Crippen molar-refractivity contribution in [3.63, 3.8) is 0 Å². The van der Waals surface area contributed by atoms with E-state index in [0.29, 0.717) is 0 Å². The Morgan fingerprint density at radius 1 is 1.64 bits per heavy atom. The summed E-state index contributed by atoms with van der Waals surface area (Å²) in [5.41, 5.74) is 1.95. The van der Waals surface area contributed by atoms with Crippen LogP contribution in [0.3, 0.4) is 0 Å². The number of aryl methyl sites for hydroxylation is 1. The van der Waals surface area contributed by atoms with Gasteiger partial charge in [-0.2, -0.15) is 9.61 Å². The lowest BCUT2D eigenvalue weighted by Crippen LogP contribution is -1.93. The predicted octanol–water partition coefficient (Wildman–Crippen LogP) is 0.487. The van der Waals surface area contributed by atoms with Crippen LogP contribution in [0.1, 0.15) is 12.5 Å². The lowest BCUT2D eigenvalue weighted by molar-refractivity contribution is 0.904. The van der Waals surface area contributed by atoms with Crippen molar-refractivity contribution in [1.82, 2.24) is 19.8 Å². The zero-order valence-electron chi connectivity index (χ0n) is 6.15. The molecule has 11 heavy (non-hydrogen) atoms. The third kappa shape index (κ3) is 0.869. The van der Waals surface area contributed by atoms with Crippen molar-refractivity contribution >= 4 is 5.65 Å². The van der Waals surface area contributed by atoms with E-state index in [9.17, 15) is 0 Å². The third-order valence-corrected chi connectivity index (χ3v) is 1.60. The van der Waals surface area contributed by atoms with Crippen LogP contribution in [0.4, 0.5) is 0 Å². The number of hydrogen-bond acceptors (Lipinski definition) is 3. The molecule has 0 saturated carbocycles. The van der Waals surface area contributed by atoms with E-state index < -0.39 is 0 Å². The molecule has 1 radical (unpaired) electrons. The largest absolute Gasteiger partial charge is 0.200 e. The Balaban J connectivity index is 2.79. The van der Waals surface area contributed by atoms with Crippen molar-refractivity contribution in [2.75, 3.05) is 0 Å². The summed E-state index contributed by atoms with van der Waals surface area (Å²) in [5.74, 6) is 0. The quantitative estimate of drug-likeness (QED) is 0.589. The molecule has 0 aliphatic rings. The summed E-state index contributed by atoms with van der Waals surface area (Å²) in [6, 6.07) is 1.84. The van der Waals surface area contributed by atoms with Crippen LogP contribution >= 0.6 is 0 Å². The molecule has 0 bridgehead atoms. The van der Waals surface area contributed by atoms with Gasteiger partial charge in [-0.15, -0.1) is 10.2 Å². The topological polar surface area (TPSA) is 43.1 Å².